The molecule has 0 unspecified atom stereocenters. The van der Waals surface area contributed by atoms with Crippen LogP contribution < -0.4 is 4.74 Å². The first-order chi connectivity index (χ1) is 15.4. The number of allylic oxidation sites excluding steroid dienone is 3. The average molecular weight is 443 g/mol. The molecule has 0 saturated heterocycles. The summed E-state index contributed by atoms with van der Waals surface area (Å²) in [5.74, 6) is -1.02. The van der Waals surface area contributed by atoms with Crippen molar-refractivity contribution in [3.63, 3.8) is 0 Å². The summed E-state index contributed by atoms with van der Waals surface area (Å²) in [5.41, 5.74) is 1.75. The zero-order valence-corrected chi connectivity index (χ0v) is 19.2. The van der Waals surface area contributed by atoms with E-state index in [1.807, 2.05) is 30.3 Å². The van der Waals surface area contributed by atoms with Crippen molar-refractivity contribution in [3.8, 4) is 5.75 Å². The summed E-state index contributed by atoms with van der Waals surface area (Å²) in [6.07, 6.45) is 8.16. The predicted molar refractivity (Wildman–Crippen MR) is 122 cm³/mol. The molecule has 0 fully saturated rings. The number of carbonyl (C=O) groups excluding carboxylic acids is 3. The highest BCUT2D eigenvalue weighted by Crippen LogP contribution is 2.12. The minimum atomic E-state index is -0.676. The standard InChI is InChI=1S/C25H30O7/c1-6-18(4)23(26)31-16-21(8-3)25(28)32-17-20(7-2)24(27)30-15-9-10-19-11-13-22(29-5)14-12-19/h6-14H,15-17H2,1-5H3/b10-9+,18-6-,20-7-,21-8-. The summed E-state index contributed by atoms with van der Waals surface area (Å²) in [5, 5.41) is 0. The van der Waals surface area contributed by atoms with Crippen LogP contribution in [-0.4, -0.2) is 44.8 Å². The molecule has 0 aliphatic heterocycles. The highest BCUT2D eigenvalue weighted by molar-refractivity contribution is 5.92. The Kier molecular flexibility index (Phi) is 11.9. The molecule has 0 spiro atoms. The van der Waals surface area contributed by atoms with Gasteiger partial charge in [0.05, 0.1) is 18.3 Å². The fraction of sp³-hybridized carbons (Fsp3) is 0.320. The number of methoxy groups -OCH3 is 1. The third-order valence-electron chi connectivity index (χ3n) is 4.43. The van der Waals surface area contributed by atoms with Gasteiger partial charge in [0.15, 0.2) is 0 Å². The quantitative estimate of drug-likeness (QED) is 0.288. The van der Waals surface area contributed by atoms with Crippen LogP contribution in [0.3, 0.4) is 0 Å². The number of benzene rings is 1. The molecule has 32 heavy (non-hydrogen) atoms. The zero-order valence-electron chi connectivity index (χ0n) is 19.2. The zero-order chi connectivity index (χ0) is 23.9. The average Bonchev–Trinajstić information content (AvgIpc) is 2.82. The molecule has 0 aromatic heterocycles. The smallest absolute Gasteiger partial charge is 0.337 e. The van der Waals surface area contributed by atoms with Crippen molar-refractivity contribution < 1.29 is 33.3 Å². The van der Waals surface area contributed by atoms with E-state index in [1.54, 1.807) is 47.0 Å². The van der Waals surface area contributed by atoms with E-state index < -0.39 is 17.9 Å². The van der Waals surface area contributed by atoms with Gasteiger partial charge < -0.3 is 18.9 Å². The van der Waals surface area contributed by atoms with E-state index in [4.69, 9.17) is 18.9 Å². The van der Waals surface area contributed by atoms with Crippen molar-refractivity contribution >= 4 is 24.0 Å². The largest absolute Gasteiger partial charge is 0.497 e. The maximum Gasteiger partial charge on any atom is 0.337 e. The molecule has 0 aliphatic carbocycles. The van der Waals surface area contributed by atoms with Crippen molar-refractivity contribution in [1.82, 2.24) is 0 Å². The first-order valence-corrected chi connectivity index (χ1v) is 10.1. The molecule has 0 amide bonds. The van der Waals surface area contributed by atoms with Gasteiger partial charge in [0.25, 0.3) is 0 Å². The Bertz CT molecular complexity index is 903. The first kappa shape index (κ1) is 26.4. The molecule has 0 N–H and O–H groups in total. The lowest BCUT2D eigenvalue weighted by Crippen LogP contribution is -2.19. The SMILES string of the molecule is C/C=C(/C)C(=O)OC/C(=C/C)C(=O)OC/C(=C/C)C(=O)OC/C=C/c1ccc(OC)cc1. The Balaban J connectivity index is 2.50. The Labute approximate surface area is 189 Å². The van der Waals surface area contributed by atoms with Crippen LogP contribution in [0.5, 0.6) is 5.75 Å². The molecule has 1 aromatic carbocycles. The molecule has 0 radical (unpaired) electrons. The van der Waals surface area contributed by atoms with Gasteiger partial charge in [-0.25, -0.2) is 14.4 Å². The van der Waals surface area contributed by atoms with Crippen molar-refractivity contribution in [1.29, 1.82) is 0 Å². The molecule has 7 heteroatoms. The monoisotopic (exact) mass is 442 g/mol. The van der Waals surface area contributed by atoms with Crippen LogP contribution in [0.25, 0.3) is 6.08 Å². The highest BCUT2D eigenvalue weighted by Gasteiger charge is 2.17. The number of carbonyl (C=O) groups is 3. The van der Waals surface area contributed by atoms with Gasteiger partial charge in [0.2, 0.25) is 0 Å². The maximum absolute atomic E-state index is 12.2. The second kappa shape index (κ2) is 14.4. The fourth-order valence-corrected chi connectivity index (χ4v) is 2.25. The molecule has 7 nitrogen and oxygen atoms in total. The van der Waals surface area contributed by atoms with E-state index in [-0.39, 0.29) is 31.0 Å². The summed E-state index contributed by atoms with van der Waals surface area (Å²) < 4.78 is 20.5. The topological polar surface area (TPSA) is 88.1 Å². The third-order valence-corrected chi connectivity index (χ3v) is 4.43. The van der Waals surface area contributed by atoms with Crippen molar-refractivity contribution in [2.75, 3.05) is 26.9 Å². The lowest BCUT2D eigenvalue weighted by molar-refractivity contribution is -0.142. The van der Waals surface area contributed by atoms with Gasteiger partial charge in [-0.2, -0.15) is 0 Å². The number of esters is 3. The van der Waals surface area contributed by atoms with Crippen LogP contribution >= 0.6 is 0 Å². The molecule has 1 rings (SSSR count). The number of hydrogen-bond donors (Lipinski definition) is 0. The number of ether oxygens (including phenoxy) is 4. The molecule has 0 atom stereocenters. The molecule has 172 valence electrons. The van der Waals surface area contributed by atoms with Gasteiger partial charge >= 0.3 is 17.9 Å². The van der Waals surface area contributed by atoms with Gasteiger partial charge in [-0.05, 0) is 51.5 Å². The van der Waals surface area contributed by atoms with Crippen LogP contribution in [0.4, 0.5) is 0 Å². The second-order valence-electron chi connectivity index (χ2n) is 6.53. The predicted octanol–water partition coefficient (Wildman–Crippen LogP) is 4.20. The summed E-state index contributed by atoms with van der Waals surface area (Å²) in [6, 6.07) is 7.42. The lowest BCUT2D eigenvalue weighted by Gasteiger charge is -2.11. The molecular formula is C25H30O7. The summed E-state index contributed by atoms with van der Waals surface area (Å²) in [4.78, 5) is 36.2. The van der Waals surface area contributed by atoms with Gasteiger partial charge in [-0.1, -0.05) is 36.4 Å². The Morgan fingerprint density at radius 3 is 1.81 bits per heavy atom. The summed E-state index contributed by atoms with van der Waals surface area (Å²) in [6.45, 7) is 6.21. The number of hydrogen-bond acceptors (Lipinski definition) is 7. The van der Waals surface area contributed by atoms with Crippen LogP contribution in [-0.2, 0) is 28.6 Å². The third kappa shape index (κ3) is 9.04. The van der Waals surface area contributed by atoms with Crippen molar-refractivity contribution in [3.05, 3.63) is 70.9 Å². The van der Waals surface area contributed by atoms with E-state index in [9.17, 15) is 14.4 Å². The van der Waals surface area contributed by atoms with E-state index in [0.717, 1.165) is 11.3 Å². The van der Waals surface area contributed by atoms with E-state index in [2.05, 4.69) is 0 Å². The minimum absolute atomic E-state index is 0.0660. The van der Waals surface area contributed by atoms with Gasteiger partial charge in [0, 0.05) is 5.57 Å². The van der Waals surface area contributed by atoms with Crippen molar-refractivity contribution in [2.24, 2.45) is 0 Å². The summed E-state index contributed by atoms with van der Waals surface area (Å²) >= 11 is 0. The summed E-state index contributed by atoms with van der Waals surface area (Å²) in [7, 11) is 1.60. The maximum atomic E-state index is 12.2. The second-order valence-corrected chi connectivity index (χ2v) is 6.53. The molecule has 0 heterocycles. The highest BCUT2D eigenvalue weighted by atomic mass is 16.6. The molecule has 0 saturated carbocycles. The van der Waals surface area contributed by atoms with Gasteiger partial charge in [-0.15, -0.1) is 0 Å². The van der Waals surface area contributed by atoms with E-state index in [1.165, 1.54) is 12.2 Å². The Morgan fingerprint density at radius 2 is 1.31 bits per heavy atom. The van der Waals surface area contributed by atoms with Gasteiger partial charge in [0.1, 0.15) is 25.6 Å². The van der Waals surface area contributed by atoms with Crippen LogP contribution in [0, 0.1) is 0 Å². The molecule has 0 aliphatic rings. The number of rotatable bonds is 11. The lowest BCUT2D eigenvalue weighted by atomic mass is 10.2. The van der Waals surface area contributed by atoms with Crippen LogP contribution in [0.15, 0.2) is 65.3 Å². The van der Waals surface area contributed by atoms with E-state index in [0.29, 0.717) is 5.57 Å². The van der Waals surface area contributed by atoms with E-state index >= 15 is 0 Å². The first-order valence-electron chi connectivity index (χ1n) is 10.1. The van der Waals surface area contributed by atoms with Crippen molar-refractivity contribution in [2.45, 2.75) is 27.7 Å². The fourth-order valence-electron chi connectivity index (χ4n) is 2.25. The normalized spacial score (nSPS) is 12.5. The molecule has 1 aromatic rings. The Hall–Kier alpha value is -3.61. The van der Waals surface area contributed by atoms with Crippen LogP contribution in [0.2, 0.25) is 0 Å². The van der Waals surface area contributed by atoms with Gasteiger partial charge in [-0.3, -0.25) is 0 Å². The Morgan fingerprint density at radius 1 is 0.781 bits per heavy atom. The van der Waals surface area contributed by atoms with Crippen LogP contribution in [0.1, 0.15) is 33.3 Å². The molecular weight excluding hydrogens is 412 g/mol. The molecule has 0 bridgehead atoms. The minimum Gasteiger partial charge on any atom is -0.497 e.